The third kappa shape index (κ3) is 4.96. The Hall–Kier alpha value is -0.0800. The van der Waals surface area contributed by atoms with E-state index in [1.807, 2.05) is 0 Å². The second-order valence-corrected chi connectivity index (χ2v) is 8.43. The largest absolute Gasteiger partial charge is 0.375 e. The van der Waals surface area contributed by atoms with E-state index in [9.17, 15) is 0 Å². The molecule has 0 bridgehead atoms. The number of rotatable bonds is 4. The summed E-state index contributed by atoms with van der Waals surface area (Å²) in [5, 5.41) is 0. The molecule has 0 amide bonds. The van der Waals surface area contributed by atoms with Crippen molar-refractivity contribution < 1.29 is 9.47 Å². The smallest absolute Gasteiger partial charge is 0.0580 e. The summed E-state index contributed by atoms with van der Waals surface area (Å²) in [6.07, 6.45) is 17.6. The third-order valence-corrected chi connectivity index (χ3v) is 6.32. The fraction of sp³-hybridized carbons (Fsp3) is 1.00. The highest BCUT2D eigenvalue weighted by atomic mass is 16.5. The maximum absolute atomic E-state index is 6.38. The summed E-state index contributed by atoms with van der Waals surface area (Å²) in [7, 11) is 0. The molecular weight excluding hydrogens is 272 g/mol. The topological polar surface area (TPSA) is 18.5 Å². The molecule has 0 aliphatic heterocycles. The van der Waals surface area contributed by atoms with Crippen molar-refractivity contribution in [3.8, 4) is 0 Å². The monoisotopic (exact) mass is 308 g/mol. The van der Waals surface area contributed by atoms with Crippen LogP contribution < -0.4 is 0 Å². The van der Waals surface area contributed by atoms with Gasteiger partial charge in [0.2, 0.25) is 0 Å². The second kappa shape index (κ2) is 8.15. The lowest BCUT2D eigenvalue weighted by atomic mass is 9.87. The molecule has 0 saturated heterocycles. The molecule has 128 valence electrons. The van der Waals surface area contributed by atoms with E-state index in [0.29, 0.717) is 24.4 Å². The van der Waals surface area contributed by atoms with Crippen LogP contribution in [0.1, 0.15) is 90.9 Å². The van der Waals surface area contributed by atoms with E-state index in [4.69, 9.17) is 9.47 Å². The summed E-state index contributed by atoms with van der Waals surface area (Å²) in [6.45, 7) is 4.76. The minimum absolute atomic E-state index is 0.518. The predicted molar refractivity (Wildman–Crippen MR) is 91.1 cm³/mol. The van der Waals surface area contributed by atoms with Gasteiger partial charge >= 0.3 is 0 Å². The quantitative estimate of drug-likeness (QED) is 0.684. The molecule has 2 nitrogen and oxygen atoms in total. The van der Waals surface area contributed by atoms with Gasteiger partial charge in [0, 0.05) is 0 Å². The summed E-state index contributed by atoms with van der Waals surface area (Å²) >= 11 is 0. The van der Waals surface area contributed by atoms with Gasteiger partial charge in [-0.3, -0.25) is 0 Å². The highest BCUT2D eigenvalue weighted by Gasteiger charge is 2.29. The molecule has 0 unspecified atom stereocenters. The van der Waals surface area contributed by atoms with Gasteiger partial charge < -0.3 is 9.47 Å². The van der Waals surface area contributed by atoms with Gasteiger partial charge in [-0.2, -0.15) is 0 Å². The zero-order valence-electron chi connectivity index (χ0n) is 14.8. The summed E-state index contributed by atoms with van der Waals surface area (Å²) in [5.41, 5.74) is 0. The molecule has 3 aliphatic rings. The lowest BCUT2D eigenvalue weighted by molar-refractivity contribution is -0.0954. The van der Waals surface area contributed by atoms with Crippen molar-refractivity contribution in [1.29, 1.82) is 0 Å². The first-order chi connectivity index (χ1) is 10.7. The molecule has 22 heavy (non-hydrogen) atoms. The molecule has 0 aromatic rings. The fourth-order valence-electron chi connectivity index (χ4n) is 4.58. The van der Waals surface area contributed by atoms with Gasteiger partial charge in [0.25, 0.3) is 0 Å². The van der Waals surface area contributed by atoms with Crippen molar-refractivity contribution >= 4 is 0 Å². The van der Waals surface area contributed by atoms with Crippen LogP contribution in [0.3, 0.4) is 0 Å². The molecule has 0 radical (unpaired) electrons. The van der Waals surface area contributed by atoms with E-state index in [1.54, 1.807) is 0 Å². The molecule has 0 spiro atoms. The Morgan fingerprint density at radius 2 is 0.636 bits per heavy atom. The molecule has 3 aliphatic carbocycles. The summed E-state index contributed by atoms with van der Waals surface area (Å²) in [5.74, 6) is 1.84. The Labute approximate surface area is 137 Å². The normalized spacial score (nSPS) is 43.9. The Balaban J connectivity index is 1.32. The highest BCUT2D eigenvalue weighted by molar-refractivity contribution is 4.79. The molecule has 3 saturated carbocycles. The molecule has 3 fully saturated rings. The van der Waals surface area contributed by atoms with Crippen LogP contribution in [0.25, 0.3) is 0 Å². The van der Waals surface area contributed by atoms with E-state index in [-0.39, 0.29) is 0 Å². The predicted octanol–water partition coefficient (Wildman–Crippen LogP) is 5.49. The van der Waals surface area contributed by atoms with Gasteiger partial charge in [0.1, 0.15) is 0 Å². The maximum Gasteiger partial charge on any atom is 0.0580 e. The molecule has 3 rings (SSSR count). The van der Waals surface area contributed by atoms with Crippen LogP contribution >= 0.6 is 0 Å². The van der Waals surface area contributed by atoms with E-state index >= 15 is 0 Å². The van der Waals surface area contributed by atoms with E-state index in [0.717, 1.165) is 11.8 Å². The number of hydrogen-bond donors (Lipinski definition) is 0. The van der Waals surface area contributed by atoms with Gasteiger partial charge in [0.05, 0.1) is 24.4 Å². The minimum Gasteiger partial charge on any atom is -0.375 e. The van der Waals surface area contributed by atoms with Gasteiger partial charge in [-0.25, -0.2) is 0 Å². The lowest BCUT2D eigenvalue weighted by Gasteiger charge is -2.36. The first kappa shape index (κ1) is 16.8. The molecule has 0 atom stereocenters. The van der Waals surface area contributed by atoms with Crippen molar-refractivity contribution in [1.82, 2.24) is 0 Å². The van der Waals surface area contributed by atoms with Gasteiger partial charge in [-0.05, 0) is 88.9 Å². The minimum atomic E-state index is 0.518. The van der Waals surface area contributed by atoms with E-state index in [2.05, 4.69) is 13.8 Å². The van der Waals surface area contributed by atoms with Crippen molar-refractivity contribution in [2.75, 3.05) is 0 Å². The summed E-state index contributed by atoms with van der Waals surface area (Å²) in [4.78, 5) is 0. The standard InChI is InChI=1S/C20H36O2/c1-15-3-7-17(8-4-15)21-19-11-13-20(14-12-19)22-18-9-5-16(2)6-10-18/h15-20H,3-14H2,1-2H3. The van der Waals surface area contributed by atoms with Crippen molar-refractivity contribution in [3.05, 3.63) is 0 Å². The van der Waals surface area contributed by atoms with Crippen molar-refractivity contribution in [2.45, 2.75) is 115 Å². The van der Waals surface area contributed by atoms with Gasteiger partial charge in [0.15, 0.2) is 0 Å². The zero-order chi connectivity index (χ0) is 15.4. The van der Waals surface area contributed by atoms with E-state index in [1.165, 1.54) is 77.0 Å². The molecule has 0 aromatic carbocycles. The highest BCUT2D eigenvalue weighted by Crippen LogP contribution is 2.33. The average Bonchev–Trinajstić information content (AvgIpc) is 2.54. The van der Waals surface area contributed by atoms with Crippen LogP contribution in [-0.2, 0) is 9.47 Å². The maximum atomic E-state index is 6.38. The third-order valence-electron chi connectivity index (χ3n) is 6.32. The summed E-state index contributed by atoms with van der Waals surface area (Å²) in [6, 6.07) is 0. The van der Waals surface area contributed by atoms with Gasteiger partial charge in [-0.15, -0.1) is 0 Å². The van der Waals surface area contributed by atoms with Crippen molar-refractivity contribution in [3.63, 3.8) is 0 Å². The molecular formula is C20H36O2. The SMILES string of the molecule is CC1CCC(OC2CCC(OC3CCC(C)CC3)CC2)CC1. The molecule has 2 heteroatoms. The summed E-state index contributed by atoms with van der Waals surface area (Å²) < 4.78 is 12.8. The molecule has 0 aromatic heterocycles. The lowest BCUT2D eigenvalue weighted by Crippen LogP contribution is -2.34. The Kier molecular flexibility index (Phi) is 6.21. The van der Waals surface area contributed by atoms with Crippen LogP contribution in [0, 0.1) is 11.8 Å². The zero-order valence-corrected chi connectivity index (χ0v) is 14.8. The van der Waals surface area contributed by atoms with Crippen LogP contribution in [0.15, 0.2) is 0 Å². The Morgan fingerprint density at radius 3 is 0.909 bits per heavy atom. The first-order valence-corrected chi connectivity index (χ1v) is 10.00. The molecule has 0 heterocycles. The van der Waals surface area contributed by atoms with Crippen LogP contribution in [-0.4, -0.2) is 24.4 Å². The van der Waals surface area contributed by atoms with Gasteiger partial charge in [-0.1, -0.05) is 13.8 Å². The Bertz CT molecular complexity index is 274. The van der Waals surface area contributed by atoms with Crippen LogP contribution in [0.2, 0.25) is 0 Å². The Morgan fingerprint density at radius 1 is 0.409 bits per heavy atom. The van der Waals surface area contributed by atoms with Crippen LogP contribution in [0.5, 0.6) is 0 Å². The number of ether oxygens (including phenoxy) is 2. The first-order valence-electron chi connectivity index (χ1n) is 10.00. The number of hydrogen-bond acceptors (Lipinski definition) is 2. The molecule has 0 N–H and O–H groups in total. The van der Waals surface area contributed by atoms with E-state index < -0.39 is 0 Å². The average molecular weight is 309 g/mol. The fourth-order valence-corrected chi connectivity index (χ4v) is 4.58. The second-order valence-electron chi connectivity index (χ2n) is 8.43. The van der Waals surface area contributed by atoms with Crippen molar-refractivity contribution in [2.24, 2.45) is 11.8 Å². The van der Waals surface area contributed by atoms with Crippen LogP contribution in [0.4, 0.5) is 0 Å².